The van der Waals surface area contributed by atoms with Crippen molar-refractivity contribution in [2.24, 2.45) is 0 Å². The van der Waals surface area contributed by atoms with E-state index in [-0.39, 0.29) is 18.4 Å². The van der Waals surface area contributed by atoms with Crippen molar-refractivity contribution in [3.8, 4) is 11.4 Å². The lowest BCUT2D eigenvalue weighted by Gasteiger charge is -2.34. The minimum atomic E-state index is -0.0523. The summed E-state index contributed by atoms with van der Waals surface area (Å²) in [7, 11) is 0. The molecule has 0 spiro atoms. The minimum Gasteiger partial charge on any atom is -0.339 e. The fourth-order valence-electron chi connectivity index (χ4n) is 3.78. The second-order valence-electron chi connectivity index (χ2n) is 7.88. The van der Waals surface area contributed by atoms with Gasteiger partial charge in [-0.15, -0.1) is 0 Å². The summed E-state index contributed by atoms with van der Waals surface area (Å²) in [6, 6.07) is 17.4. The Kier molecular flexibility index (Phi) is 6.77. The summed E-state index contributed by atoms with van der Waals surface area (Å²) in [5, 5.41) is 10.0. The molecule has 3 aromatic rings. The van der Waals surface area contributed by atoms with Crippen molar-refractivity contribution in [2.45, 2.75) is 13.5 Å². The Balaban J connectivity index is 1.32. The number of para-hydroxylation sites is 1. The molecule has 2 N–H and O–H groups in total. The Morgan fingerprint density at radius 2 is 1.78 bits per heavy atom. The van der Waals surface area contributed by atoms with E-state index < -0.39 is 0 Å². The van der Waals surface area contributed by atoms with Gasteiger partial charge >= 0.3 is 0 Å². The highest BCUT2D eigenvalue weighted by atomic mass is 32.1. The molecule has 1 aliphatic heterocycles. The first-order valence-corrected chi connectivity index (χ1v) is 11.0. The van der Waals surface area contributed by atoms with Gasteiger partial charge in [0, 0.05) is 37.4 Å². The number of hydrogen-bond donors (Lipinski definition) is 2. The van der Waals surface area contributed by atoms with Crippen LogP contribution in [0.1, 0.15) is 5.56 Å². The summed E-state index contributed by atoms with van der Waals surface area (Å²) in [6.07, 6.45) is 0. The van der Waals surface area contributed by atoms with E-state index in [0.29, 0.717) is 43.3 Å². The number of aromatic amines is 1. The Bertz CT molecular complexity index is 1150. The molecule has 166 valence electrons. The second-order valence-corrected chi connectivity index (χ2v) is 8.27. The summed E-state index contributed by atoms with van der Waals surface area (Å²) in [4.78, 5) is 29.1. The molecule has 0 atom stereocenters. The third kappa shape index (κ3) is 5.30. The fraction of sp³-hybridized carbons (Fsp3) is 0.304. The van der Waals surface area contributed by atoms with Crippen LogP contribution in [0.5, 0.6) is 0 Å². The lowest BCUT2D eigenvalue weighted by Crippen LogP contribution is -2.51. The number of amides is 2. The predicted octanol–water partition coefficient (Wildman–Crippen LogP) is 2.70. The lowest BCUT2D eigenvalue weighted by atomic mass is 10.1. The Morgan fingerprint density at radius 1 is 1.03 bits per heavy atom. The molecule has 8 nitrogen and oxygen atoms in total. The monoisotopic (exact) mass is 450 g/mol. The fourth-order valence-corrected chi connectivity index (χ4v) is 3.98. The topological polar surface area (TPSA) is 86.3 Å². The second kappa shape index (κ2) is 9.88. The van der Waals surface area contributed by atoms with Crippen molar-refractivity contribution < 1.29 is 9.59 Å². The predicted molar refractivity (Wildman–Crippen MR) is 126 cm³/mol. The quantitative estimate of drug-likeness (QED) is 0.564. The molecule has 2 aromatic carbocycles. The molecule has 2 amide bonds. The number of hydrogen-bond acceptors (Lipinski definition) is 5. The van der Waals surface area contributed by atoms with Crippen LogP contribution in [0, 0.1) is 11.7 Å². The zero-order valence-corrected chi connectivity index (χ0v) is 18.8. The van der Waals surface area contributed by atoms with Gasteiger partial charge in [-0.05, 0) is 37.3 Å². The first-order chi connectivity index (χ1) is 15.5. The van der Waals surface area contributed by atoms with Crippen molar-refractivity contribution in [3.05, 3.63) is 64.9 Å². The summed E-state index contributed by atoms with van der Waals surface area (Å²) in [6.45, 7) is 4.89. The molecule has 4 rings (SSSR count). The van der Waals surface area contributed by atoms with Crippen LogP contribution in [0.4, 0.5) is 5.69 Å². The van der Waals surface area contributed by atoms with Gasteiger partial charge in [0.1, 0.15) is 6.54 Å². The first kappa shape index (κ1) is 21.9. The highest BCUT2D eigenvalue weighted by Crippen LogP contribution is 2.19. The van der Waals surface area contributed by atoms with Crippen LogP contribution in [0.3, 0.4) is 0 Å². The van der Waals surface area contributed by atoms with E-state index in [2.05, 4.69) is 20.4 Å². The van der Waals surface area contributed by atoms with Gasteiger partial charge < -0.3 is 10.2 Å². The number of aryl methyl sites for hydroxylation is 1. The van der Waals surface area contributed by atoms with Crippen molar-refractivity contribution in [2.75, 3.05) is 38.0 Å². The molecular formula is C23H26N6O2S. The average Bonchev–Trinajstić information content (AvgIpc) is 3.15. The van der Waals surface area contributed by atoms with Gasteiger partial charge in [-0.2, -0.15) is 5.10 Å². The van der Waals surface area contributed by atoms with Crippen LogP contribution in [0.15, 0.2) is 54.6 Å². The van der Waals surface area contributed by atoms with E-state index in [4.69, 9.17) is 12.2 Å². The summed E-state index contributed by atoms with van der Waals surface area (Å²) in [5.41, 5.74) is 2.81. The van der Waals surface area contributed by atoms with Crippen molar-refractivity contribution in [1.82, 2.24) is 24.6 Å². The van der Waals surface area contributed by atoms with Gasteiger partial charge in [0.2, 0.25) is 11.8 Å². The zero-order chi connectivity index (χ0) is 22.5. The summed E-state index contributed by atoms with van der Waals surface area (Å²) >= 11 is 5.37. The van der Waals surface area contributed by atoms with Crippen LogP contribution in [-0.4, -0.2) is 69.1 Å². The molecule has 1 aromatic heterocycles. The first-order valence-electron chi connectivity index (χ1n) is 10.6. The molecular weight excluding hydrogens is 424 g/mol. The van der Waals surface area contributed by atoms with Crippen LogP contribution in [0.25, 0.3) is 11.4 Å². The van der Waals surface area contributed by atoms with E-state index >= 15 is 0 Å². The maximum absolute atomic E-state index is 13.0. The van der Waals surface area contributed by atoms with Crippen molar-refractivity contribution in [1.29, 1.82) is 0 Å². The molecule has 0 aliphatic carbocycles. The molecule has 1 fully saturated rings. The Morgan fingerprint density at radius 3 is 2.50 bits per heavy atom. The summed E-state index contributed by atoms with van der Waals surface area (Å²) < 4.78 is 2.16. The van der Waals surface area contributed by atoms with Gasteiger partial charge in [0.05, 0.1) is 6.54 Å². The highest BCUT2D eigenvalue weighted by Gasteiger charge is 2.23. The molecule has 9 heteroatoms. The maximum atomic E-state index is 13.0. The molecule has 0 saturated carbocycles. The van der Waals surface area contributed by atoms with Crippen molar-refractivity contribution >= 4 is 29.7 Å². The molecule has 32 heavy (non-hydrogen) atoms. The van der Waals surface area contributed by atoms with Gasteiger partial charge in [-0.3, -0.25) is 24.2 Å². The number of nitrogens with zero attached hydrogens (tertiary/aromatic N) is 4. The Hall–Kier alpha value is -3.30. The number of rotatable bonds is 6. The van der Waals surface area contributed by atoms with Crippen LogP contribution in [-0.2, 0) is 16.1 Å². The van der Waals surface area contributed by atoms with Crippen molar-refractivity contribution in [3.63, 3.8) is 0 Å². The zero-order valence-electron chi connectivity index (χ0n) is 18.0. The molecule has 2 heterocycles. The number of H-pyrrole nitrogens is 1. The third-order valence-corrected chi connectivity index (χ3v) is 5.79. The number of aromatic nitrogens is 3. The van der Waals surface area contributed by atoms with E-state index in [1.807, 2.05) is 66.4 Å². The van der Waals surface area contributed by atoms with E-state index in [1.54, 1.807) is 4.57 Å². The van der Waals surface area contributed by atoms with E-state index in [9.17, 15) is 9.59 Å². The largest absolute Gasteiger partial charge is 0.339 e. The standard InChI is InChI=1S/C23H26N6O2S/c1-17-6-5-7-18(14-17)22-25-26-23(32)29(22)16-21(31)28-12-10-27(11-13-28)15-20(30)24-19-8-3-2-4-9-19/h2-9,14H,10-13,15-16H2,1H3,(H,24,30)(H,26,32). The number of nitrogens with one attached hydrogen (secondary N) is 2. The average molecular weight is 451 g/mol. The number of piperazine rings is 1. The molecule has 0 radical (unpaired) electrons. The van der Waals surface area contributed by atoms with E-state index in [1.165, 1.54) is 0 Å². The van der Waals surface area contributed by atoms with Gasteiger partial charge in [-0.25, -0.2) is 0 Å². The minimum absolute atomic E-state index is 0.00945. The maximum Gasteiger partial charge on any atom is 0.242 e. The number of carbonyl (C=O) groups excluding carboxylic acids is 2. The number of benzene rings is 2. The lowest BCUT2D eigenvalue weighted by molar-refractivity contribution is -0.133. The smallest absolute Gasteiger partial charge is 0.242 e. The SMILES string of the molecule is Cc1cccc(-c2n[nH]c(=S)n2CC(=O)N2CCN(CC(=O)Nc3ccccc3)CC2)c1. The van der Waals surface area contributed by atoms with Crippen LogP contribution >= 0.6 is 12.2 Å². The highest BCUT2D eigenvalue weighted by molar-refractivity contribution is 7.71. The molecule has 0 unspecified atom stereocenters. The molecule has 1 saturated heterocycles. The number of anilines is 1. The van der Waals surface area contributed by atoms with E-state index in [0.717, 1.165) is 16.8 Å². The summed E-state index contributed by atoms with van der Waals surface area (Å²) in [5.74, 6) is 0.594. The third-order valence-electron chi connectivity index (χ3n) is 5.48. The van der Waals surface area contributed by atoms with Crippen LogP contribution in [0.2, 0.25) is 0 Å². The van der Waals surface area contributed by atoms with Gasteiger partial charge in [0.25, 0.3) is 0 Å². The normalized spacial score (nSPS) is 14.3. The van der Waals surface area contributed by atoms with Gasteiger partial charge in [-0.1, -0.05) is 42.0 Å². The number of carbonyl (C=O) groups is 2. The van der Waals surface area contributed by atoms with Crippen LogP contribution < -0.4 is 5.32 Å². The molecule has 1 aliphatic rings. The Labute approximate surface area is 191 Å². The molecule has 0 bridgehead atoms. The van der Waals surface area contributed by atoms with Gasteiger partial charge in [0.15, 0.2) is 10.6 Å².